The van der Waals surface area contributed by atoms with Crippen LogP contribution in [0, 0.1) is 5.92 Å². The Kier molecular flexibility index (Phi) is 5.61. The Labute approximate surface area is 143 Å². The van der Waals surface area contributed by atoms with Crippen molar-refractivity contribution in [1.29, 1.82) is 0 Å². The number of benzene rings is 1. The molecule has 1 aromatic heterocycles. The van der Waals surface area contributed by atoms with Crippen LogP contribution in [0.3, 0.4) is 0 Å². The molecule has 0 radical (unpaired) electrons. The van der Waals surface area contributed by atoms with Crippen LogP contribution in [-0.4, -0.2) is 37.8 Å². The van der Waals surface area contributed by atoms with E-state index in [0.29, 0.717) is 16.3 Å². The van der Waals surface area contributed by atoms with E-state index >= 15 is 0 Å². The monoisotopic (exact) mass is 352 g/mol. The number of amides is 1. The summed E-state index contributed by atoms with van der Waals surface area (Å²) in [6.07, 6.45) is 0. The molecule has 1 aromatic carbocycles. The quantitative estimate of drug-likeness (QED) is 0.769. The summed E-state index contributed by atoms with van der Waals surface area (Å²) in [6, 6.07) is 3.55. The fourth-order valence-electron chi connectivity index (χ4n) is 2.05. The topological polar surface area (TPSA) is 79.1 Å². The minimum absolute atomic E-state index is 0.0454. The van der Waals surface area contributed by atoms with Gasteiger partial charge in [-0.1, -0.05) is 25.2 Å². The van der Waals surface area contributed by atoms with Crippen LogP contribution < -0.4 is 14.3 Å². The third kappa shape index (κ3) is 3.59. The molecule has 0 saturated heterocycles. The van der Waals surface area contributed by atoms with E-state index in [9.17, 15) is 9.59 Å². The van der Waals surface area contributed by atoms with E-state index in [1.807, 2.05) is 0 Å². The van der Waals surface area contributed by atoms with Gasteiger partial charge in [-0.2, -0.15) is 4.99 Å². The Morgan fingerprint density at radius 2 is 1.79 bits per heavy atom. The first-order valence-corrected chi connectivity index (χ1v) is 8.13. The van der Waals surface area contributed by atoms with Gasteiger partial charge in [0.05, 0.1) is 31.5 Å². The van der Waals surface area contributed by atoms with Gasteiger partial charge in [-0.3, -0.25) is 9.59 Å². The van der Waals surface area contributed by atoms with Crippen molar-refractivity contribution in [2.75, 3.05) is 21.3 Å². The van der Waals surface area contributed by atoms with E-state index in [4.69, 9.17) is 14.2 Å². The number of esters is 1. The minimum atomic E-state index is -0.428. The van der Waals surface area contributed by atoms with Crippen molar-refractivity contribution in [1.82, 2.24) is 4.57 Å². The molecule has 7 nitrogen and oxygen atoms in total. The van der Waals surface area contributed by atoms with Crippen LogP contribution in [0.25, 0.3) is 10.2 Å². The van der Waals surface area contributed by atoms with Gasteiger partial charge < -0.3 is 18.8 Å². The molecule has 2 rings (SSSR count). The number of methoxy groups -OCH3 is 3. The van der Waals surface area contributed by atoms with Crippen LogP contribution in [0.15, 0.2) is 17.1 Å². The fourth-order valence-corrected chi connectivity index (χ4v) is 3.10. The van der Waals surface area contributed by atoms with E-state index in [-0.39, 0.29) is 18.4 Å². The van der Waals surface area contributed by atoms with Crippen molar-refractivity contribution in [2.24, 2.45) is 10.9 Å². The first-order valence-electron chi connectivity index (χ1n) is 7.32. The van der Waals surface area contributed by atoms with Crippen molar-refractivity contribution in [3.8, 4) is 11.5 Å². The van der Waals surface area contributed by atoms with Gasteiger partial charge in [0.15, 0.2) is 16.3 Å². The highest BCUT2D eigenvalue weighted by molar-refractivity contribution is 7.16. The van der Waals surface area contributed by atoms with E-state index < -0.39 is 5.97 Å². The van der Waals surface area contributed by atoms with Gasteiger partial charge >= 0.3 is 5.97 Å². The van der Waals surface area contributed by atoms with Crippen molar-refractivity contribution in [3.05, 3.63) is 16.9 Å². The second-order valence-corrected chi connectivity index (χ2v) is 6.34. The molecular formula is C16H20N2O5S. The van der Waals surface area contributed by atoms with Gasteiger partial charge in [0.25, 0.3) is 5.91 Å². The van der Waals surface area contributed by atoms with Gasteiger partial charge in [-0.05, 0) is 0 Å². The number of rotatable bonds is 5. The second kappa shape index (κ2) is 7.48. The number of carbonyl (C=O) groups is 2. The maximum Gasteiger partial charge on any atom is 0.325 e. The van der Waals surface area contributed by atoms with E-state index in [1.54, 1.807) is 37.7 Å². The van der Waals surface area contributed by atoms with Crippen LogP contribution in [0.4, 0.5) is 0 Å². The maximum absolute atomic E-state index is 12.0. The molecule has 1 heterocycles. The lowest BCUT2D eigenvalue weighted by molar-refractivity contribution is -0.141. The Morgan fingerprint density at radius 1 is 1.17 bits per heavy atom. The highest BCUT2D eigenvalue weighted by atomic mass is 32.1. The smallest absolute Gasteiger partial charge is 0.325 e. The number of nitrogens with zero attached hydrogens (tertiary/aromatic N) is 2. The summed E-state index contributed by atoms with van der Waals surface area (Å²) in [7, 11) is 4.40. The van der Waals surface area contributed by atoms with Gasteiger partial charge in [0.2, 0.25) is 0 Å². The molecule has 2 aromatic rings. The highest BCUT2D eigenvalue weighted by Crippen LogP contribution is 2.33. The molecule has 8 heteroatoms. The summed E-state index contributed by atoms with van der Waals surface area (Å²) in [4.78, 5) is 28.3. The number of ether oxygens (including phenoxy) is 3. The van der Waals surface area contributed by atoms with Crippen molar-refractivity contribution >= 4 is 33.4 Å². The van der Waals surface area contributed by atoms with E-state index in [2.05, 4.69) is 4.99 Å². The molecule has 0 bridgehead atoms. The summed E-state index contributed by atoms with van der Waals surface area (Å²) in [5, 5.41) is 0. The number of aromatic nitrogens is 1. The van der Waals surface area contributed by atoms with E-state index in [0.717, 1.165) is 10.2 Å². The molecule has 0 saturated carbocycles. The summed E-state index contributed by atoms with van der Waals surface area (Å²) < 4.78 is 17.8. The van der Waals surface area contributed by atoms with Crippen molar-refractivity contribution in [3.63, 3.8) is 0 Å². The lowest BCUT2D eigenvalue weighted by atomic mass is 10.2. The zero-order valence-electron chi connectivity index (χ0n) is 14.3. The molecule has 0 spiro atoms. The molecule has 0 unspecified atom stereocenters. The molecule has 0 aliphatic rings. The Bertz CT molecular complexity index is 835. The standard InChI is InChI=1S/C16H20N2O5S/c1-9(2)15(20)17-16-18(8-14(19)23-5)10-6-11(21-3)12(22-4)7-13(10)24-16/h6-7,9H,8H2,1-5H3. The number of carbonyl (C=O) groups excluding carboxylic acids is 2. The summed E-state index contributed by atoms with van der Waals surface area (Å²) in [5.74, 6) is 0.189. The SMILES string of the molecule is COC(=O)Cn1c(=NC(=O)C(C)C)sc2cc(OC)c(OC)cc21. The van der Waals surface area contributed by atoms with Crippen molar-refractivity contribution < 1.29 is 23.8 Å². The molecule has 0 fully saturated rings. The van der Waals surface area contributed by atoms with Crippen LogP contribution in [0.5, 0.6) is 11.5 Å². The number of hydrogen-bond acceptors (Lipinski definition) is 6. The number of fused-ring (bicyclic) bond motifs is 1. The van der Waals surface area contributed by atoms with Gasteiger partial charge in [0, 0.05) is 18.1 Å². The summed E-state index contributed by atoms with van der Waals surface area (Å²) in [5.41, 5.74) is 0.721. The lowest BCUT2D eigenvalue weighted by Crippen LogP contribution is -2.23. The lowest BCUT2D eigenvalue weighted by Gasteiger charge is -2.09. The summed E-state index contributed by atoms with van der Waals surface area (Å²) >= 11 is 1.30. The maximum atomic E-state index is 12.0. The third-order valence-corrected chi connectivity index (χ3v) is 4.44. The van der Waals surface area contributed by atoms with Crippen LogP contribution in [-0.2, 0) is 20.9 Å². The predicted molar refractivity (Wildman–Crippen MR) is 90.3 cm³/mol. The second-order valence-electron chi connectivity index (χ2n) is 5.33. The first kappa shape index (κ1) is 18.0. The van der Waals surface area contributed by atoms with Gasteiger partial charge in [-0.15, -0.1) is 0 Å². The van der Waals surface area contributed by atoms with Gasteiger partial charge in [0.1, 0.15) is 6.54 Å². The third-order valence-electron chi connectivity index (χ3n) is 3.40. The molecule has 130 valence electrons. The molecule has 0 aliphatic carbocycles. The Morgan fingerprint density at radius 3 is 2.33 bits per heavy atom. The Balaban J connectivity index is 2.73. The highest BCUT2D eigenvalue weighted by Gasteiger charge is 2.16. The van der Waals surface area contributed by atoms with Crippen LogP contribution in [0.2, 0.25) is 0 Å². The normalized spacial score (nSPS) is 11.8. The average molecular weight is 352 g/mol. The average Bonchev–Trinajstić information content (AvgIpc) is 2.89. The predicted octanol–water partition coefficient (Wildman–Crippen LogP) is 1.98. The van der Waals surface area contributed by atoms with Crippen molar-refractivity contribution in [2.45, 2.75) is 20.4 Å². The molecule has 1 amide bonds. The zero-order chi connectivity index (χ0) is 17.9. The van der Waals surface area contributed by atoms with Gasteiger partial charge in [-0.25, -0.2) is 0 Å². The van der Waals surface area contributed by atoms with E-state index in [1.165, 1.54) is 25.6 Å². The zero-order valence-corrected chi connectivity index (χ0v) is 15.1. The number of hydrogen-bond donors (Lipinski definition) is 0. The summed E-state index contributed by atoms with van der Waals surface area (Å²) in [6.45, 7) is 3.50. The largest absolute Gasteiger partial charge is 0.493 e. The molecule has 0 aliphatic heterocycles. The first-order chi connectivity index (χ1) is 11.4. The molecular weight excluding hydrogens is 332 g/mol. The minimum Gasteiger partial charge on any atom is -0.493 e. The number of thiazole rings is 1. The fraction of sp³-hybridized carbons (Fsp3) is 0.438. The van der Waals surface area contributed by atoms with Crippen LogP contribution >= 0.6 is 11.3 Å². The molecule has 24 heavy (non-hydrogen) atoms. The Hall–Kier alpha value is -2.35. The molecule has 0 atom stereocenters. The molecule has 0 N–H and O–H groups in total. The van der Waals surface area contributed by atoms with Crippen LogP contribution in [0.1, 0.15) is 13.8 Å².